The molecule has 2 aromatic heterocycles. The summed E-state index contributed by atoms with van der Waals surface area (Å²) in [6, 6.07) is 3.93. The Morgan fingerprint density at radius 3 is 3.05 bits per heavy atom. The molecule has 0 aromatic carbocycles. The van der Waals surface area contributed by atoms with Crippen molar-refractivity contribution < 1.29 is 4.79 Å². The van der Waals surface area contributed by atoms with Crippen molar-refractivity contribution in [2.24, 2.45) is 0 Å². The van der Waals surface area contributed by atoms with Gasteiger partial charge in [-0.1, -0.05) is 13.8 Å². The summed E-state index contributed by atoms with van der Waals surface area (Å²) in [5.41, 5.74) is 1.41. The lowest BCUT2D eigenvalue weighted by Gasteiger charge is -2.22. The number of nitrogens with zero attached hydrogens (tertiary/aromatic N) is 3. The molecule has 3 rings (SSSR count). The fourth-order valence-corrected chi connectivity index (χ4v) is 2.60. The van der Waals surface area contributed by atoms with Crippen LogP contribution >= 0.6 is 0 Å². The van der Waals surface area contributed by atoms with E-state index in [-0.39, 0.29) is 5.91 Å². The van der Waals surface area contributed by atoms with Gasteiger partial charge in [-0.2, -0.15) is 10.2 Å². The Bertz CT molecular complexity index is 638. The van der Waals surface area contributed by atoms with E-state index in [1.807, 2.05) is 16.9 Å². The molecule has 1 atom stereocenters. The Morgan fingerprint density at radius 1 is 1.50 bits per heavy atom. The minimum absolute atomic E-state index is 0.232. The Kier molecular flexibility index (Phi) is 4.24. The van der Waals surface area contributed by atoms with Gasteiger partial charge < -0.3 is 10.6 Å². The molecule has 2 aromatic rings. The van der Waals surface area contributed by atoms with E-state index >= 15 is 0 Å². The van der Waals surface area contributed by atoms with Gasteiger partial charge in [-0.3, -0.25) is 14.6 Å². The molecule has 1 aliphatic rings. The average molecular weight is 302 g/mol. The summed E-state index contributed by atoms with van der Waals surface area (Å²) in [5.74, 6) is 0.642. The van der Waals surface area contributed by atoms with Crippen molar-refractivity contribution in [1.29, 1.82) is 0 Å². The van der Waals surface area contributed by atoms with Crippen LogP contribution in [0.15, 0.2) is 18.3 Å². The lowest BCUT2D eigenvalue weighted by molar-refractivity contribution is 0.102. The molecule has 7 nitrogen and oxygen atoms in total. The summed E-state index contributed by atoms with van der Waals surface area (Å²) >= 11 is 0. The molecule has 118 valence electrons. The van der Waals surface area contributed by atoms with Crippen LogP contribution in [0.2, 0.25) is 0 Å². The van der Waals surface area contributed by atoms with Gasteiger partial charge >= 0.3 is 0 Å². The van der Waals surface area contributed by atoms with Gasteiger partial charge in [0.1, 0.15) is 0 Å². The maximum absolute atomic E-state index is 12.2. The van der Waals surface area contributed by atoms with Crippen LogP contribution < -0.4 is 10.6 Å². The van der Waals surface area contributed by atoms with Gasteiger partial charge in [-0.15, -0.1) is 0 Å². The number of aromatic amines is 1. The fraction of sp³-hybridized carbons (Fsp3) is 0.533. The van der Waals surface area contributed by atoms with Crippen molar-refractivity contribution in [3.63, 3.8) is 0 Å². The lowest BCUT2D eigenvalue weighted by Crippen LogP contribution is -2.32. The Balaban J connectivity index is 1.65. The number of carbonyl (C=O) groups is 1. The summed E-state index contributed by atoms with van der Waals surface area (Å²) in [6.07, 6.45) is 4.10. The predicted molar refractivity (Wildman–Crippen MR) is 84.0 cm³/mol. The van der Waals surface area contributed by atoms with E-state index in [1.165, 1.54) is 0 Å². The number of rotatable bonds is 4. The zero-order valence-corrected chi connectivity index (χ0v) is 13.0. The number of hydrogen-bond acceptors (Lipinski definition) is 4. The van der Waals surface area contributed by atoms with Crippen molar-refractivity contribution in [2.75, 3.05) is 18.4 Å². The summed E-state index contributed by atoms with van der Waals surface area (Å²) in [7, 11) is 0. The molecular weight excluding hydrogens is 280 g/mol. The van der Waals surface area contributed by atoms with Crippen LogP contribution in [0.4, 0.5) is 5.82 Å². The van der Waals surface area contributed by atoms with Gasteiger partial charge in [-0.25, -0.2) is 0 Å². The molecule has 0 spiro atoms. The molecule has 3 N–H and O–H groups in total. The zero-order chi connectivity index (χ0) is 15.5. The van der Waals surface area contributed by atoms with Gasteiger partial charge in [0.2, 0.25) is 0 Å². The second kappa shape index (κ2) is 6.31. The van der Waals surface area contributed by atoms with Crippen molar-refractivity contribution in [1.82, 2.24) is 25.3 Å². The fourth-order valence-electron chi connectivity index (χ4n) is 2.60. The lowest BCUT2D eigenvalue weighted by atomic mass is 10.1. The maximum atomic E-state index is 12.2. The van der Waals surface area contributed by atoms with E-state index in [9.17, 15) is 4.79 Å². The summed E-state index contributed by atoms with van der Waals surface area (Å²) in [6.45, 7) is 6.10. The van der Waals surface area contributed by atoms with Crippen LogP contribution in [0, 0.1) is 0 Å². The van der Waals surface area contributed by atoms with Gasteiger partial charge in [0.15, 0.2) is 11.5 Å². The van der Waals surface area contributed by atoms with Crippen molar-refractivity contribution >= 4 is 11.7 Å². The highest BCUT2D eigenvalue weighted by atomic mass is 16.2. The minimum atomic E-state index is -0.232. The first-order chi connectivity index (χ1) is 10.6. The second-order valence-corrected chi connectivity index (χ2v) is 6.00. The highest BCUT2D eigenvalue weighted by Gasteiger charge is 2.18. The molecular formula is C15H22N6O. The molecule has 3 heterocycles. The standard InChI is InChI=1S/C15H22N6O/c1-10(2)13-8-14(19-18-13)17-15(22)12-5-7-21(20-12)11-4-3-6-16-9-11/h5,7-8,10-11,16H,3-4,6,9H2,1-2H3,(H2,17,18,19,22). The summed E-state index contributed by atoms with van der Waals surface area (Å²) in [5, 5.41) is 17.5. The molecule has 1 aliphatic heterocycles. The van der Waals surface area contributed by atoms with Gasteiger partial charge in [0, 0.05) is 24.5 Å². The number of amides is 1. The third kappa shape index (κ3) is 3.19. The van der Waals surface area contributed by atoms with E-state index in [0.717, 1.165) is 31.6 Å². The van der Waals surface area contributed by atoms with Crippen molar-refractivity contribution in [2.45, 2.75) is 38.6 Å². The zero-order valence-electron chi connectivity index (χ0n) is 13.0. The van der Waals surface area contributed by atoms with Crippen molar-refractivity contribution in [3.8, 4) is 0 Å². The van der Waals surface area contributed by atoms with Crippen LogP contribution in [0.25, 0.3) is 0 Å². The van der Waals surface area contributed by atoms with Crippen LogP contribution in [-0.2, 0) is 0 Å². The topological polar surface area (TPSA) is 87.6 Å². The van der Waals surface area contributed by atoms with Gasteiger partial charge in [0.25, 0.3) is 5.91 Å². The van der Waals surface area contributed by atoms with Crippen LogP contribution in [0.5, 0.6) is 0 Å². The quantitative estimate of drug-likeness (QED) is 0.805. The molecule has 0 saturated carbocycles. The van der Waals surface area contributed by atoms with Crippen LogP contribution in [0.1, 0.15) is 54.8 Å². The predicted octanol–water partition coefficient (Wildman–Crippen LogP) is 1.91. The molecule has 0 bridgehead atoms. The van der Waals surface area contributed by atoms with E-state index in [1.54, 1.807) is 6.07 Å². The number of carbonyl (C=O) groups excluding carboxylic acids is 1. The third-order valence-corrected chi connectivity index (χ3v) is 3.95. The molecule has 22 heavy (non-hydrogen) atoms. The number of anilines is 1. The van der Waals surface area contributed by atoms with Crippen molar-refractivity contribution in [3.05, 3.63) is 29.7 Å². The smallest absolute Gasteiger partial charge is 0.277 e. The second-order valence-electron chi connectivity index (χ2n) is 6.00. The highest BCUT2D eigenvalue weighted by Crippen LogP contribution is 2.17. The van der Waals surface area contributed by atoms with Crippen LogP contribution in [-0.4, -0.2) is 39.0 Å². The normalized spacial score (nSPS) is 18.6. The number of nitrogens with one attached hydrogen (secondary N) is 3. The van der Waals surface area contributed by atoms with Gasteiger partial charge in [-0.05, 0) is 31.4 Å². The number of piperidine rings is 1. The number of H-pyrrole nitrogens is 1. The molecule has 1 unspecified atom stereocenters. The summed E-state index contributed by atoms with van der Waals surface area (Å²) in [4.78, 5) is 12.2. The first-order valence-electron chi connectivity index (χ1n) is 7.76. The first-order valence-corrected chi connectivity index (χ1v) is 7.76. The van der Waals surface area contributed by atoms with E-state index in [2.05, 4.69) is 39.8 Å². The Labute approximate surface area is 129 Å². The molecule has 7 heteroatoms. The van der Waals surface area contributed by atoms with E-state index < -0.39 is 0 Å². The van der Waals surface area contributed by atoms with Crippen LogP contribution in [0.3, 0.4) is 0 Å². The largest absolute Gasteiger partial charge is 0.315 e. The summed E-state index contributed by atoms with van der Waals surface area (Å²) < 4.78 is 1.88. The molecule has 1 fully saturated rings. The monoisotopic (exact) mass is 302 g/mol. The Hall–Kier alpha value is -2.15. The highest BCUT2D eigenvalue weighted by molar-refractivity contribution is 6.02. The molecule has 1 saturated heterocycles. The third-order valence-electron chi connectivity index (χ3n) is 3.95. The van der Waals surface area contributed by atoms with E-state index in [0.29, 0.717) is 23.5 Å². The van der Waals surface area contributed by atoms with Gasteiger partial charge in [0.05, 0.1) is 6.04 Å². The average Bonchev–Trinajstić information content (AvgIpc) is 3.17. The Morgan fingerprint density at radius 2 is 2.36 bits per heavy atom. The first kappa shape index (κ1) is 14.8. The number of hydrogen-bond donors (Lipinski definition) is 3. The number of aromatic nitrogens is 4. The minimum Gasteiger partial charge on any atom is -0.315 e. The maximum Gasteiger partial charge on any atom is 0.277 e. The van der Waals surface area contributed by atoms with E-state index in [4.69, 9.17) is 0 Å². The molecule has 1 amide bonds. The molecule has 0 radical (unpaired) electrons. The molecule has 0 aliphatic carbocycles. The SMILES string of the molecule is CC(C)c1cc(NC(=O)c2ccn(C3CCCNC3)n2)n[nH]1.